The van der Waals surface area contributed by atoms with Crippen LogP contribution in [0.1, 0.15) is 84.5 Å². The third-order valence-electron chi connectivity index (χ3n) is 8.93. The van der Waals surface area contributed by atoms with Gasteiger partial charge < -0.3 is 81.2 Å². The van der Waals surface area contributed by atoms with E-state index < -0.39 is 122 Å². The van der Waals surface area contributed by atoms with E-state index in [0.717, 1.165) is 0 Å². The van der Waals surface area contributed by atoms with Gasteiger partial charge in [-0.2, -0.15) is 0 Å². The van der Waals surface area contributed by atoms with Crippen molar-refractivity contribution in [2.24, 2.45) is 34.6 Å². The minimum absolute atomic E-state index is 0.00781. The maximum Gasteiger partial charge on any atom is 0.326 e. The van der Waals surface area contributed by atoms with Gasteiger partial charge >= 0.3 is 5.97 Å². The van der Waals surface area contributed by atoms with E-state index in [2.05, 4.69) is 37.2 Å². The molecule has 0 radical (unpaired) electrons. The predicted octanol–water partition coefficient (Wildman–Crippen LogP) is -6.28. The van der Waals surface area contributed by atoms with Crippen molar-refractivity contribution in [1.82, 2.24) is 37.2 Å². The standard InChI is InChI=1S/C36H68N12O12/c1-20(2)15-24(32(55)44-23(36(59)60)11-5-8-14-39)45-31(54)22(10-4-7-13-38)43-34(57)26(18-49)48-33(56)25(16-28(41)51)46-35(58)27(19-50)47-30(53)21(9-3-6-12-37)42-29(52)17-40/h20-27,49-50H,3-19,37-40H2,1-2H3,(H2,41,51)(H,42,52)(H,43,57)(H,44,55)(H,45,54)(H,46,58)(H,47,53)(H,48,56)(H,59,60)/t21-,22-,23-,24-,25-,26-,27-/m0/s1. The molecule has 0 saturated heterocycles. The van der Waals surface area contributed by atoms with Crippen LogP contribution in [-0.2, 0) is 43.2 Å². The van der Waals surface area contributed by atoms with Gasteiger partial charge in [-0.05, 0) is 89.8 Å². The molecule has 0 fully saturated rings. The van der Waals surface area contributed by atoms with Gasteiger partial charge in [0.25, 0.3) is 0 Å². The van der Waals surface area contributed by atoms with E-state index in [0.29, 0.717) is 51.6 Å². The van der Waals surface area contributed by atoms with Gasteiger partial charge in [0.05, 0.1) is 26.2 Å². The summed E-state index contributed by atoms with van der Waals surface area (Å²) < 4.78 is 0. The van der Waals surface area contributed by atoms with Crippen molar-refractivity contribution in [2.45, 2.75) is 127 Å². The highest BCUT2D eigenvalue weighted by Gasteiger charge is 2.34. The first kappa shape index (κ1) is 55.0. The van der Waals surface area contributed by atoms with Crippen LogP contribution in [0.3, 0.4) is 0 Å². The number of carboxylic acid groups (broad SMARTS) is 1. The second-order valence-corrected chi connectivity index (χ2v) is 14.5. The largest absolute Gasteiger partial charge is 0.480 e. The average molecular weight is 861 g/mol. The number of aliphatic hydroxyl groups is 2. The third-order valence-corrected chi connectivity index (χ3v) is 8.93. The summed E-state index contributed by atoms with van der Waals surface area (Å²) in [4.78, 5) is 116. The number of nitrogens with one attached hydrogen (secondary N) is 7. The minimum atomic E-state index is -1.80. The Kier molecular flexibility index (Phi) is 28.4. The molecule has 0 aliphatic carbocycles. The number of aliphatic hydroxyl groups excluding tert-OH is 2. The lowest BCUT2D eigenvalue weighted by molar-refractivity contribution is -0.142. The van der Waals surface area contributed by atoms with Crippen molar-refractivity contribution < 1.29 is 58.5 Å². The van der Waals surface area contributed by atoms with Crippen LogP contribution in [0.25, 0.3) is 0 Å². The molecule has 0 unspecified atom stereocenters. The second-order valence-electron chi connectivity index (χ2n) is 14.5. The van der Waals surface area contributed by atoms with Crippen LogP contribution in [0.4, 0.5) is 0 Å². The molecule has 20 N–H and O–H groups in total. The van der Waals surface area contributed by atoms with Gasteiger partial charge in [-0.15, -0.1) is 0 Å². The fourth-order valence-electron chi connectivity index (χ4n) is 5.66. The Labute approximate surface area is 349 Å². The monoisotopic (exact) mass is 861 g/mol. The number of primary amides is 1. The zero-order valence-corrected chi connectivity index (χ0v) is 34.5. The molecule has 0 spiro atoms. The van der Waals surface area contributed by atoms with Crippen molar-refractivity contribution in [2.75, 3.05) is 39.4 Å². The number of hydrogen-bond donors (Lipinski definition) is 15. The highest BCUT2D eigenvalue weighted by molar-refractivity contribution is 5.98. The first-order valence-corrected chi connectivity index (χ1v) is 20.0. The van der Waals surface area contributed by atoms with E-state index in [1.54, 1.807) is 13.8 Å². The molecule has 0 aromatic rings. The Morgan fingerprint density at radius 3 is 1.18 bits per heavy atom. The van der Waals surface area contributed by atoms with Crippen molar-refractivity contribution >= 4 is 53.2 Å². The van der Waals surface area contributed by atoms with Gasteiger partial charge in [-0.3, -0.25) is 38.4 Å². The molecule has 344 valence electrons. The van der Waals surface area contributed by atoms with Gasteiger partial charge in [-0.25, -0.2) is 4.79 Å². The van der Waals surface area contributed by atoms with Crippen LogP contribution in [0.5, 0.6) is 0 Å². The molecule has 0 aromatic heterocycles. The number of nitrogens with two attached hydrogens (primary N) is 5. The lowest BCUT2D eigenvalue weighted by Crippen LogP contribution is -2.61. The molecule has 8 amide bonds. The molecule has 0 aliphatic heterocycles. The first-order chi connectivity index (χ1) is 28.4. The summed E-state index contributed by atoms with van der Waals surface area (Å²) in [5.74, 6) is -9.10. The van der Waals surface area contributed by atoms with Crippen molar-refractivity contribution in [1.29, 1.82) is 0 Å². The quantitative estimate of drug-likeness (QED) is 0.0273. The zero-order valence-electron chi connectivity index (χ0n) is 34.5. The fourth-order valence-corrected chi connectivity index (χ4v) is 5.66. The van der Waals surface area contributed by atoms with Crippen LogP contribution in [0.15, 0.2) is 0 Å². The zero-order chi connectivity index (χ0) is 45.8. The number of carbonyl (C=O) groups excluding carboxylic acids is 8. The second kappa shape index (κ2) is 30.9. The SMILES string of the molecule is CC(C)C[C@H](NC(=O)[C@H](CCCCN)NC(=O)[C@H](CO)NC(=O)[C@H](CC(N)=O)NC(=O)[C@H](CO)NC(=O)[C@H](CCCCN)NC(=O)CN)C(=O)N[C@@H](CCCCN)C(=O)O. The van der Waals surface area contributed by atoms with Gasteiger partial charge in [0.1, 0.15) is 42.3 Å². The Morgan fingerprint density at radius 2 is 0.800 bits per heavy atom. The molecule has 0 saturated carbocycles. The smallest absolute Gasteiger partial charge is 0.326 e. The normalized spacial score (nSPS) is 14.6. The molecule has 0 rings (SSSR count). The molecular weight excluding hydrogens is 792 g/mol. The van der Waals surface area contributed by atoms with Crippen LogP contribution in [0, 0.1) is 5.92 Å². The lowest BCUT2D eigenvalue weighted by atomic mass is 10.0. The van der Waals surface area contributed by atoms with E-state index in [9.17, 15) is 58.5 Å². The molecule has 7 atom stereocenters. The average Bonchev–Trinajstić information content (AvgIpc) is 3.19. The molecule has 24 heteroatoms. The number of rotatable bonds is 33. The fraction of sp³-hybridized carbons (Fsp3) is 0.750. The predicted molar refractivity (Wildman–Crippen MR) is 216 cm³/mol. The summed E-state index contributed by atoms with van der Waals surface area (Å²) in [5, 5.41) is 46.1. The summed E-state index contributed by atoms with van der Waals surface area (Å²) in [6.07, 6.45) is 2.09. The summed E-state index contributed by atoms with van der Waals surface area (Å²) in [6.45, 7) is 1.96. The number of aliphatic carboxylic acids is 1. The van der Waals surface area contributed by atoms with Gasteiger partial charge in [0.15, 0.2) is 0 Å². The number of unbranched alkanes of at least 4 members (excludes halogenated alkanes) is 3. The van der Waals surface area contributed by atoms with Crippen LogP contribution < -0.4 is 65.9 Å². The highest BCUT2D eigenvalue weighted by Crippen LogP contribution is 2.10. The molecular formula is C36H68N12O12. The molecule has 0 heterocycles. The maximum atomic E-state index is 13.6. The molecule has 60 heavy (non-hydrogen) atoms. The topological polar surface area (TPSA) is 429 Å². The Bertz CT molecular complexity index is 1410. The van der Waals surface area contributed by atoms with E-state index in [-0.39, 0.29) is 38.1 Å². The third kappa shape index (κ3) is 22.4. The van der Waals surface area contributed by atoms with Gasteiger partial charge in [-0.1, -0.05) is 13.8 Å². The molecule has 0 aromatic carbocycles. The Morgan fingerprint density at radius 1 is 0.467 bits per heavy atom. The van der Waals surface area contributed by atoms with Crippen LogP contribution in [-0.4, -0.2) is 150 Å². The molecule has 24 nitrogen and oxygen atoms in total. The van der Waals surface area contributed by atoms with Gasteiger partial charge in [0.2, 0.25) is 47.3 Å². The number of amides is 8. The number of hydrogen-bond acceptors (Lipinski definition) is 15. The lowest BCUT2D eigenvalue weighted by Gasteiger charge is -2.27. The van der Waals surface area contributed by atoms with Crippen molar-refractivity contribution in [3.8, 4) is 0 Å². The van der Waals surface area contributed by atoms with E-state index in [1.165, 1.54) is 0 Å². The van der Waals surface area contributed by atoms with E-state index >= 15 is 0 Å². The van der Waals surface area contributed by atoms with Crippen LogP contribution in [0.2, 0.25) is 0 Å². The number of carboxylic acids is 1. The maximum absolute atomic E-state index is 13.6. The summed E-state index contributed by atoms with van der Waals surface area (Å²) in [5.41, 5.74) is 27.3. The highest BCUT2D eigenvalue weighted by atomic mass is 16.4. The van der Waals surface area contributed by atoms with Crippen LogP contribution >= 0.6 is 0 Å². The van der Waals surface area contributed by atoms with E-state index in [1.807, 2.05) is 0 Å². The number of carbonyl (C=O) groups is 9. The first-order valence-electron chi connectivity index (χ1n) is 20.0. The summed E-state index contributed by atoms with van der Waals surface area (Å²) in [7, 11) is 0. The van der Waals surface area contributed by atoms with Crippen molar-refractivity contribution in [3.05, 3.63) is 0 Å². The Balaban J connectivity index is 6.12. The summed E-state index contributed by atoms with van der Waals surface area (Å²) in [6, 6.07) is -10.3. The molecule has 0 aliphatic rings. The molecule has 0 bridgehead atoms. The Hall–Kier alpha value is -5.01. The van der Waals surface area contributed by atoms with Gasteiger partial charge in [0, 0.05) is 0 Å². The summed E-state index contributed by atoms with van der Waals surface area (Å²) >= 11 is 0. The van der Waals surface area contributed by atoms with E-state index in [4.69, 9.17) is 28.7 Å². The van der Waals surface area contributed by atoms with Crippen molar-refractivity contribution in [3.63, 3.8) is 0 Å². The minimum Gasteiger partial charge on any atom is -0.480 e.